The van der Waals surface area contributed by atoms with Gasteiger partial charge in [0.05, 0.1) is 19.7 Å². The van der Waals surface area contributed by atoms with Gasteiger partial charge in [-0.2, -0.15) is 0 Å². The predicted molar refractivity (Wildman–Crippen MR) is 232 cm³/mol. The van der Waals surface area contributed by atoms with Crippen molar-refractivity contribution in [3.63, 3.8) is 0 Å². The maximum Gasteiger partial charge on any atom is 0.226 e. The Kier molecular flexibility index (Phi) is 15.0. The topological polar surface area (TPSA) is 117 Å². The van der Waals surface area contributed by atoms with E-state index >= 15 is 0 Å². The van der Waals surface area contributed by atoms with Gasteiger partial charge >= 0.3 is 0 Å². The van der Waals surface area contributed by atoms with Gasteiger partial charge in [0.2, 0.25) is 28.9 Å². The Hall–Kier alpha value is -4.40. The molecule has 11 nitrogen and oxygen atoms in total. The number of allylic oxidation sites excluding steroid dienone is 3. The molecule has 6 aliphatic rings. The fourth-order valence-corrected chi connectivity index (χ4v) is 11.5. The Labute approximate surface area is 354 Å². The first-order valence-electron chi connectivity index (χ1n) is 21.2. The third-order valence-corrected chi connectivity index (χ3v) is 14.4. The second-order valence-corrected chi connectivity index (χ2v) is 19.9. The van der Waals surface area contributed by atoms with Gasteiger partial charge in [-0.1, -0.05) is 102 Å². The van der Waals surface area contributed by atoms with Crippen molar-refractivity contribution in [2.75, 3.05) is 39.3 Å². The van der Waals surface area contributed by atoms with Gasteiger partial charge in [-0.25, -0.2) is 14.5 Å². The van der Waals surface area contributed by atoms with Crippen LogP contribution in [0.15, 0.2) is 35.3 Å². The van der Waals surface area contributed by atoms with Gasteiger partial charge in [0.25, 0.3) is 0 Å². The van der Waals surface area contributed by atoms with Gasteiger partial charge in [-0.15, -0.1) is 0 Å². The van der Waals surface area contributed by atoms with Gasteiger partial charge in [-0.3, -0.25) is 9.59 Å². The van der Waals surface area contributed by atoms with E-state index in [4.69, 9.17) is 19.7 Å². The zero-order chi connectivity index (χ0) is 43.6. The SMILES string of the molecule is C.[C-]#[N+]C1=C[C@@]2(C)CN(C(=O)CCC)CC[C@@H]2C(C)(C)C1=O.[C-]#[N+]C1=C[C@]2(C)CN(C(=O)CCC)CC[C@H]2C(C)(C)C1=O.[C-]#[N+]C1=C[C@]2(C)CNCC[C@H]2C(C)(C)C1=O. The minimum absolute atomic E-state index is 0. The number of ketones is 3. The number of hydrogen-bond donors (Lipinski definition) is 1. The lowest BCUT2D eigenvalue weighted by Crippen LogP contribution is -2.56. The number of rotatable bonds is 4. The van der Waals surface area contributed by atoms with Crippen LogP contribution in [0.4, 0.5) is 0 Å². The number of carbonyl (C=O) groups excluding carboxylic acids is 5. The molecular weight excluding hydrogens is 741 g/mol. The van der Waals surface area contributed by atoms with E-state index in [9.17, 15) is 24.0 Å². The van der Waals surface area contributed by atoms with Crippen LogP contribution in [0.3, 0.4) is 0 Å². The number of amides is 2. The molecule has 3 fully saturated rings. The number of hydrogen-bond acceptors (Lipinski definition) is 6. The summed E-state index contributed by atoms with van der Waals surface area (Å²) in [6, 6.07) is 0. The molecule has 322 valence electrons. The molecule has 3 heterocycles. The zero-order valence-electron chi connectivity index (χ0n) is 36.9. The van der Waals surface area contributed by atoms with Crippen LogP contribution in [0.5, 0.6) is 0 Å². The summed E-state index contributed by atoms with van der Waals surface area (Å²) in [5, 5.41) is 3.36. The molecule has 0 aromatic heterocycles. The van der Waals surface area contributed by atoms with Gasteiger partial charge < -0.3 is 29.5 Å². The van der Waals surface area contributed by atoms with Crippen molar-refractivity contribution in [2.24, 2.45) is 50.2 Å². The fraction of sp³-hybridized carbons (Fsp3) is 0.708. The average Bonchev–Trinajstić information content (AvgIpc) is 3.16. The smallest absolute Gasteiger partial charge is 0.226 e. The molecule has 6 atom stereocenters. The minimum Gasteiger partial charge on any atom is -0.342 e. The second-order valence-electron chi connectivity index (χ2n) is 19.9. The van der Waals surface area contributed by atoms with E-state index in [1.54, 1.807) is 0 Å². The maximum absolute atomic E-state index is 12.4. The van der Waals surface area contributed by atoms with Crippen LogP contribution in [0, 0.1) is 70.0 Å². The number of carbonyl (C=O) groups is 5. The molecular formula is C48H70N6O5. The summed E-state index contributed by atoms with van der Waals surface area (Å²) in [4.78, 5) is 75.4. The molecule has 0 radical (unpaired) electrons. The fourth-order valence-electron chi connectivity index (χ4n) is 11.5. The van der Waals surface area contributed by atoms with E-state index in [0.717, 1.165) is 58.3 Å². The Morgan fingerprint density at radius 1 is 0.610 bits per heavy atom. The highest BCUT2D eigenvalue weighted by atomic mass is 16.2. The van der Waals surface area contributed by atoms with E-state index in [1.165, 1.54) is 0 Å². The molecule has 3 saturated heterocycles. The summed E-state index contributed by atoms with van der Waals surface area (Å²) >= 11 is 0. The molecule has 2 amide bonds. The molecule has 1 N–H and O–H groups in total. The van der Waals surface area contributed by atoms with E-state index in [1.807, 2.05) is 83.4 Å². The van der Waals surface area contributed by atoms with Crippen LogP contribution in [0.25, 0.3) is 14.5 Å². The lowest BCUT2D eigenvalue weighted by molar-refractivity contribution is -0.142. The summed E-state index contributed by atoms with van der Waals surface area (Å²) in [5.41, 5.74) is -1.25. The molecule has 3 aliphatic carbocycles. The quantitative estimate of drug-likeness (QED) is 0.284. The summed E-state index contributed by atoms with van der Waals surface area (Å²) in [7, 11) is 0. The van der Waals surface area contributed by atoms with Crippen LogP contribution in [-0.2, 0) is 24.0 Å². The van der Waals surface area contributed by atoms with Crippen LogP contribution >= 0.6 is 0 Å². The standard InChI is InChI=1S/2C17H24N2O2.C13H18N2O.CH4/c2*1-6-7-14(20)19-9-8-13-16(2,3)15(21)12(18-5)10-17(13,4)11-19;1-12(2)10-5-6-15-8-13(10,3)7-9(14-4)11(12)16;/h2*10,13H,6-9,11H2,1-4H3;7,10,15H,5-6,8H2,1-3H3;1H4/t2*13-,17+;10-,13+;/m100./s1. The first kappa shape index (κ1) is 49.0. The summed E-state index contributed by atoms with van der Waals surface area (Å²) in [6.45, 7) is 48.2. The molecule has 0 bridgehead atoms. The molecule has 59 heavy (non-hydrogen) atoms. The number of nitrogens with one attached hydrogen (secondary N) is 1. The summed E-state index contributed by atoms with van der Waals surface area (Å²) in [6.07, 6.45) is 11.0. The number of piperidine rings is 3. The van der Waals surface area contributed by atoms with Gasteiger partial charge in [-0.05, 0) is 72.6 Å². The molecule has 0 aromatic carbocycles. The van der Waals surface area contributed by atoms with E-state index in [0.29, 0.717) is 37.5 Å². The summed E-state index contributed by atoms with van der Waals surface area (Å²) < 4.78 is 0. The van der Waals surface area contributed by atoms with Crippen LogP contribution in [-0.4, -0.2) is 78.2 Å². The van der Waals surface area contributed by atoms with E-state index in [2.05, 4.69) is 40.6 Å². The highest BCUT2D eigenvalue weighted by Crippen LogP contribution is 2.54. The molecule has 6 rings (SSSR count). The summed E-state index contributed by atoms with van der Waals surface area (Å²) in [5.74, 6) is 1.02. The highest BCUT2D eigenvalue weighted by molar-refractivity contribution is 6.03. The van der Waals surface area contributed by atoms with Crippen molar-refractivity contribution in [1.82, 2.24) is 15.1 Å². The minimum atomic E-state index is -0.525. The molecule has 0 spiro atoms. The Morgan fingerprint density at radius 2 is 0.932 bits per heavy atom. The lowest BCUT2D eigenvalue weighted by atomic mass is 9.55. The largest absolute Gasteiger partial charge is 0.342 e. The third kappa shape index (κ3) is 9.19. The van der Waals surface area contributed by atoms with Crippen molar-refractivity contribution in [3.05, 3.63) is 69.6 Å². The maximum atomic E-state index is 12.4. The Balaban J connectivity index is 0.000000237. The zero-order valence-corrected chi connectivity index (χ0v) is 36.9. The van der Waals surface area contributed by atoms with Crippen molar-refractivity contribution in [3.8, 4) is 0 Å². The number of likely N-dealkylation sites (tertiary alicyclic amines) is 2. The third-order valence-electron chi connectivity index (χ3n) is 14.4. The number of nitrogens with zero attached hydrogens (tertiary/aromatic N) is 5. The normalized spacial score (nSPS) is 32.3. The average molecular weight is 811 g/mol. The lowest BCUT2D eigenvalue weighted by Gasteiger charge is -2.53. The molecule has 0 aromatic rings. The molecule has 0 unspecified atom stereocenters. The molecule has 3 aliphatic heterocycles. The van der Waals surface area contributed by atoms with Gasteiger partial charge in [0.1, 0.15) is 0 Å². The Bertz CT molecular complexity index is 1820. The predicted octanol–water partition coefficient (Wildman–Crippen LogP) is 8.76. The highest BCUT2D eigenvalue weighted by Gasteiger charge is 2.55. The molecule has 0 saturated carbocycles. The van der Waals surface area contributed by atoms with Crippen LogP contribution in [0.1, 0.15) is 129 Å². The van der Waals surface area contributed by atoms with E-state index in [-0.39, 0.29) is 76.1 Å². The molecule has 11 heteroatoms. The number of Topliss-reactive ketones (excluding diaryl/α,β-unsaturated/α-hetero) is 3. The first-order chi connectivity index (χ1) is 26.9. The van der Waals surface area contributed by atoms with E-state index < -0.39 is 16.2 Å². The monoisotopic (exact) mass is 811 g/mol. The van der Waals surface area contributed by atoms with Crippen molar-refractivity contribution < 1.29 is 24.0 Å². The van der Waals surface area contributed by atoms with Gasteiger partial charge in [0, 0.05) is 61.8 Å². The van der Waals surface area contributed by atoms with Crippen molar-refractivity contribution >= 4 is 29.2 Å². The second kappa shape index (κ2) is 18.1. The van der Waals surface area contributed by atoms with Crippen molar-refractivity contribution in [2.45, 2.75) is 129 Å². The van der Waals surface area contributed by atoms with Crippen molar-refractivity contribution in [1.29, 1.82) is 0 Å². The Morgan fingerprint density at radius 3 is 1.25 bits per heavy atom. The first-order valence-corrected chi connectivity index (χ1v) is 21.2. The number of fused-ring (bicyclic) bond motifs is 3. The van der Waals surface area contributed by atoms with Crippen LogP contribution < -0.4 is 5.32 Å². The van der Waals surface area contributed by atoms with Crippen LogP contribution in [0.2, 0.25) is 0 Å². The van der Waals surface area contributed by atoms with Gasteiger partial charge in [0.15, 0.2) is 17.3 Å².